The number of aryl methyl sites for hydroxylation is 1. The number of aromatic nitrogens is 2. The van der Waals surface area contributed by atoms with Crippen molar-refractivity contribution in [3.63, 3.8) is 0 Å². The smallest absolute Gasteiger partial charge is 0.234 e. The Morgan fingerprint density at radius 2 is 2.26 bits per heavy atom. The summed E-state index contributed by atoms with van der Waals surface area (Å²) in [4.78, 5) is 15.9. The molecule has 100 valence electrons. The highest BCUT2D eigenvalue weighted by Gasteiger charge is 2.08. The monoisotopic (exact) mass is 315 g/mol. The molecule has 19 heavy (non-hydrogen) atoms. The van der Waals surface area contributed by atoms with E-state index in [1.165, 1.54) is 11.8 Å². The Hall–Kier alpha value is -1.17. The van der Waals surface area contributed by atoms with E-state index in [-0.39, 0.29) is 11.7 Å². The summed E-state index contributed by atoms with van der Waals surface area (Å²) >= 11 is 13.1. The van der Waals surface area contributed by atoms with Crippen LogP contribution in [0, 0.1) is 0 Å². The first kappa shape index (κ1) is 14.2. The van der Waals surface area contributed by atoms with E-state index < -0.39 is 0 Å². The van der Waals surface area contributed by atoms with Crippen molar-refractivity contribution in [3.8, 4) is 0 Å². The number of rotatable bonds is 4. The van der Waals surface area contributed by atoms with Crippen LogP contribution in [-0.2, 0) is 11.8 Å². The molecule has 2 rings (SSSR count). The molecule has 7 heteroatoms. The van der Waals surface area contributed by atoms with Gasteiger partial charge in [-0.1, -0.05) is 35.0 Å². The average molecular weight is 316 g/mol. The third kappa shape index (κ3) is 3.89. The molecule has 1 aromatic heterocycles. The molecule has 1 heterocycles. The van der Waals surface area contributed by atoms with Crippen LogP contribution in [0.15, 0.2) is 35.7 Å². The van der Waals surface area contributed by atoms with E-state index in [1.54, 1.807) is 24.4 Å². The van der Waals surface area contributed by atoms with E-state index >= 15 is 0 Å². The number of anilines is 1. The van der Waals surface area contributed by atoms with Crippen LogP contribution in [0.25, 0.3) is 0 Å². The van der Waals surface area contributed by atoms with Crippen LogP contribution in [0.4, 0.5) is 5.69 Å². The molecule has 0 aliphatic carbocycles. The summed E-state index contributed by atoms with van der Waals surface area (Å²) < 4.78 is 1.85. The number of carbonyl (C=O) groups is 1. The first-order chi connectivity index (χ1) is 9.06. The summed E-state index contributed by atoms with van der Waals surface area (Å²) in [6.45, 7) is 0. The number of imidazole rings is 1. The first-order valence-electron chi connectivity index (χ1n) is 5.41. The minimum Gasteiger partial charge on any atom is -0.329 e. The zero-order valence-electron chi connectivity index (χ0n) is 10.1. The fourth-order valence-electron chi connectivity index (χ4n) is 1.40. The largest absolute Gasteiger partial charge is 0.329 e. The Bertz CT molecular complexity index is 600. The zero-order chi connectivity index (χ0) is 13.8. The maximum Gasteiger partial charge on any atom is 0.234 e. The molecular formula is C12H11Cl2N3OS. The van der Waals surface area contributed by atoms with Gasteiger partial charge >= 0.3 is 0 Å². The van der Waals surface area contributed by atoms with Crippen LogP contribution in [0.1, 0.15) is 0 Å². The number of carbonyl (C=O) groups excluding carboxylic acids is 1. The lowest BCUT2D eigenvalue weighted by atomic mass is 10.3. The number of halogens is 2. The van der Waals surface area contributed by atoms with Gasteiger partial charge in [-0.2, -0.15) is 0 Å². The minimum absolute atomic E-state index is 0.141. The van der Waals surface area contributed by atoms with Crippen molar-refractivity contribution in [1.29, 1.82) is 0 Å². The Balaban J connectivity index is 1.93. The number of benzene rings is 1. The van der Waals surface area contributed by atoms with Gasteiger partial charge < -0.3 is 9.88 Å². The molecule has 0 radical (unpaired) electrons. The third-order valence-corrected chi connectivity index (χ3v) is 3.92. The van der Waals surface area contributed by atoms with Crippen molar-refractivity contribution in [2.45, 2.75) is 5.16 Å². The van der Waals surface area contributed by atoms with Gasteiger partial charge in [0, 0.05) is 24.5 Å². The van der Waals surface area contributed by atoms with Crippen molar-refractivity contribution in [2.24, 2.45) is 7.05 Å². The maximum atomic E-state index is 11.8. The van der Waals surface area contributed by atoms with Crippen molar-refractivity contribution in [1.82, 2.24) is 9.55 Å². The molecule has 2 aromatic rings. The molecule has 0 aliphatic rings. The van der Waals surface area contributed by atoms with E-state index in [2.05, 4.69) is 10.3 Å². The highest BCUT2D eigenvalue weighted by molar-refractivity contribution is 7.99. The van der Waals surface area contributed by atoms with Gasteiger partial charge in [0.05, 0.1) is 16.5 Å². The number of thioether (sulfide) groups is 1. The number of amides is 1. The van der Waals surface area contributed by atoms with E-state index in [9.17, 15) is 4.79 Å². The Labute approximate surface area is 125 Å². The molecule has 0 unspecified atom stereocenters. The number of nitrogens with zero attached hydrogens (tertiary/aromatic N) is 2. The Morgan fingerprint density at radius 3 is 2.89 bits per heavy atom. The summed E-state index contributed by atoms with van der Waals surface area (Å²) in [5, 5.41) is 4.47. The van der Waals surface area contributed by atoms with Gasteiger partial charge in [-0.05, 0) is 18.2 Å². The topological polar surface area (TPSA) is 46.9 Å². The van der Waals surface area contributed by atoms with E-state index in [0.29, 0.717) is 15.7 Å². The summed E-state index contributed by atoms with van der Waals surface area (Å²) in [7, 11) is 1.88. The van der Waals surface area contributed by atoms with Crippen molar-refractivity contribution in [2.75, 3.05) is 11.1 Å². The zero-order valence-corrected chi connectivity index (χ0v) is 12.4. The maximum absolute atomic E-state index is 11.8. The lowest BCUT2D eigenvalue weighted by Gasteiger charge is -2.07. The van der Waals surface area contributed by atoms with Gasteiger partial charge in [0.1, 0.15) is 0 Å². The SMILES string of the molecule is Cn1ccnc1SCC(=O)Nc1ccc(Cl)cc1Cl. The summed E-state index contributed by atoms with van der Waals surface area (Å²) in [5.74, 6) is 0.126. The van der Waals surface area contributed by atoms with Crippen LogP contribution in [0.5, 0.6) is 0 Å². The first-order valence-corrected chi connectivity index (χ1v) is 7.15. The second kappa shape index (κ2) is 6.32. The number of hydrogen-bond acceptors (Lipinski definition) is 3. The predicted molar refractivity (Wildman–Crippen MR) is 79.0 cm³/mol. The number of hydrogen-bond donors (Lipinski definition) is 1. The summed E-state index contributed by atoms with van der Waals surface area (Å²) in [6, 6.07) is 4.94. The third-order valence-electron chi connectivity index (χ3n) is 2.31. The normalized spacial score (nSPS) is 10.5. The summed E-state index contributed by atoms with van der Waals surface area (Å²) in [6.07, 6.45) is 3.52. The highest BCUT2D eigenvalue weighted by Crippen LogP contribution is 2.25. The lowest BCUT2D eigenvalue weighted by Crippen LogP contribution is -2.14. The Morgan fingerprint density at radius 1 is 1.47 bits per heavy atom. The van der Waals surface area contributed by atoms with Gasteiger partial charge in [-0.3, -0.25) is 4.79 Å². The van der Waals surface area contributed by atoms with Crippen LogP contribution in [-0.4, -0.2) is 21.2 Å². The second-order valence-corrected chi connectivity index (χ2v) is 5.57. The van der Waals surface area contributed by atoms with E-state index in [0.717, 1.165) is 5.16 Å². The van der Waals surface area contributed by atoms with Crippen LogP contribution < -0.4 is 5.32 Å². The van der Waals surface area contributed by atoms with Crippen molar-refractivity contribution in [3.05, 3.63) is 40.6 Å². The quantitative estimate of drug-likeness (QED) is 0.879. The average Bonchev–Trinajstić information content (AvgIpc) is 2.76. The van der Waals surface area contributed by atoms with Crippen LogP contribution >= 0.6 is 35.0 Å². The molecule has 4 nitrogen and oxygen atoms in total. The molecule has 1 N–H and O–H groups in total. The van der Waals surface area contributed by atoms with Crippen molar-refractivity contribution < 1.29 is 4.79 Å². The second-order valence-electron chi connectivity index (χ2n) is 3.78. The predicted octanol–water partition coefficient (Wildman–Crippen LogP) is 3.46. The lowest BCUT2D eigenvalue weighted by molar-refractivity contribution is -0.113. The standard InChI is InChI=1S/C12H11Cl2N3OS/c1-17-5-4-15-12(17)19-7-11(18)16-10-3-2-8(13)6-9(10)14/h2-6H,7H2,1H3,(H,16,18). The molecule has 0 saturated carbocycles. The fourth-order valence-corrected chi connectivity index (χ4v) is 2.59. The van der Waals surface area contributed by atoms with Crippen LogP contribution in [0.2, 0.25) is 10.0 Å². The molecule has 0 atom stereocenters. The van der Waals surface area contributed by atoms with E-state index in [4.69, 9.17) is 23.2 Å². The summed E-state index contributed by atoms with van der Waals surface area (Å²) in [5.41, 5.74) is 0.552. The fraction of sp³-hybridized carbons (Fsp3) is 0.167. The van der Waals surface area contributed by atoms with Gasteiger partial charge in [0.2, 0.25) is 5.91 Å². The molecule has 1 aromatic carbocycles. The van der Waals surface area contributed by atoms with Crippen LogP contribution in [0.3, 0.4) is 0 Å². The number of nitrogens with one attached hydrogen (secondary N) is 1. The van der Waals surface area contributed by atoms with Crippen molar-refractivity contribution >= 4 is 46.6 Å². The van der Waals surface area contributed by atoms with Gasteiger partial charge in [-0.15, -0.1) is 0 Å². The Kier molecular flexibility index (Phi) is 4.74. The van der Waals surface area contributed by atoms with E-state index in [1.807, 2.05) is 17.8 Å². The molecule has 0 spiro atoms. The van der Waals surface area contributed by atoms with Gasteiger partial charge in [0.15, 0.2) is 5.16 Å². The molecule has 0 fully saturated rings. The highest BCUT2D eigenvalue weighted by atomic mass is 35.5. The molecule has 0 bridgehead atoms. The molecular weight excluding hydrogens is 305 g/mol. The molecule has 0 aliphatic heterocycles. The minimum atomic E-state index is -0.141. The van der Waals surface area contributed by atoms with Gasteiger partial charge in [-0.25, -0.2) is 4.98 Å². The molecule has 0 saturated heterocycles. The van der Waals surface area contributed by atoms with Gasteiger partial charge in [0.25, 0.3) is 0 Å². The molecule has 1 amide bonds.